The first-order valence-corrected chi connectivity index (χ1v) is 11.7. The van der Waals surface area contributed by atoms with Crippen LogP contribution in [0, 0.1) is 0 Å². The van der Waals surface area contributed by atoms with Crippen LogP contribution in [0.3, 0.4) is 0 Å². The van der Waals surface area contributed by atoms with Crippen molar-refractivity contribution in [2.24, 2.45) is 0 Å². The molecule has 7 heteroatoms. The lowest BCUT2D eigenvalue weighted by atomic mass is 9.93. The maximum absolute atomic E-state index is 12.8. The van der Waals surface area contributed by atoms with E-state index in [4.69, 9.17) is 4.74 Å². The van der Waals surface area contributed by atoms with Gasteiger partial charge < -0.3 is 10.1 Å². The highest BCUT2D eigenvalue weighted by Crippen LogP contribution is 2.39. The van der Waals surface area contributed by atoms with E-state index in [2.05, 4.69) is 27.8 Å². The van der Waals surface area contributed by atoms with Crippen LogP contribution in [-0.4, -0.2) is 24.0 Å². The van der Waals surface area contributed by atoms with Gasteiger partial charge >= 0.3 is 0 Å². The van der Waals surface area contributed by atoms with Crippen molar-refractivity contribution in [1.82, 2.24) is 10.3 Å². The number of ether oxygens (including phenoxy) is 1. The summed E-state index contributed by atoms with van der Waals surface area (Å²) in [4.78, 5) is 17.5. The van der Waals surface area contributed by atoms with E-state index in [0.29, 0.717) is 22.5 Å². The molecule has 1 saturated carbocycles. The van der Waals surface area contributed by atoms with Crippen molar-refractivity contribution in [3.8, 4) is 16.9 Å². The van der Waals surface area contributed by atoms with Gasteiger partial charge in [0.05, 0.1) is 11.8 Å². The molecule has 33 heavy (non-hydrogen) atoms. The van der Waals surface area contributed by atoms with Gasteiger partial charge in [0.1, 0.15) is 11.3 Å². The number of hydrogen-bond donors (Lipinski definition) is 2. The molecule has 0 unspecified atom stereocenters. The lowest BCUT2D eigenvalue weighted by molar-refractivity contribution is 0.102. The lowest BCUT2D eigenvalue weighted by Gasteiger charge is -2.26. The van der Waals surface area contributed by atoms with Crippen LogP contribution in [0.5, 0.6) is 5.75 Å². The third kappa shape index (κ3) is 5.03. The van der Waals surface area contributed by atoms with Crippen LogP contribution in [0.15, 0.2) is 66.7 Å². The molecule has 0 atom stereocenters. The van der Waals surface area contributed by atoms with E-state index >= 15 is 0 Å². The molecule has 2 N–H and O–H groups in total. The quantitative estimate of drug-likeness (QED) is 0.327. The standard InChI is InChI=1S/C26H25N3O2S.ClH/c1-31-22-15-14-21(18-6-3-2-4-7-18)24-23(22)28-26(32-24)29-25(30)19-12-10-17(11-13-19)16-27-20-8-5-9-20;/h2-4,6-7,10-15,20,27H,5,8-9,16H2,1H3,(H,28,29,30);1H. The van der Waals surface area contributed by atoms with E-state index in [9.17, 15) is 4.79 Å². The number of thiazole rings is 1. The van der Waals surface area contributed by atoms with Gasteiger partial charge in [-0.2, -0.15) is 0 Å². The van der Waals surface area contributed by atoms with Crippen molar-refractivity contribution in [3.05, 3.63) is 77.9 Å². The summed E-state index contributed by atoms with van der Waals surface area (Å²) in [5, 5.41) is 7.07. The van der Waals surface area contributed by atoms with E-state index in [0.717, 1.165) is 27.9 Å². The molecular weight excluding hydrogens is 454 g/mol. The fraction of sp³-hybridized carbons (Fsp3) is 0.231. The molecule has 3 aromatic carbocycles. The molecule has 0 radical (unpaired) electrons. The first-order valence-electron chi connectivity index (χ1n) is 10.9. The number of hydrogen-bond acceptors (Lipinski definition) is 5. The van der Waals surface area contributed by atoms with Crippen LogP contribution < -0.4 is 15.4 Å². The van der Waals surface area contributed by atoms with Crippen molar-refractivity contribution in [2.45, 2.75) is 31.8 Å². The Balaban J connectivity index is 0.00000259. The summed E-state index contributed by atoms with van der Waals surface area (Å²) in [6.45, 7) is 0.840. The second kappa shape index (κ2) is 10.3. The van der Waals surface area contributed by atoms with E-state index in [-0.39, 0.29) is 18.3 Å². The van der Waals surface area contributed by atoms with Crippen LogP contribution in [0.2, 0.25) is 0 Å². The predicted octanol–water partition coefficient (Wildman–Crippen LogP) is 6.29. The van der Waals surface area contributed by atoms with Crippen LogP contribution in [0.4, 0.5) is 5.13 Å². The van der Waals surface area contributed by atoms with E-state index in [1.807, 2.05) is 54.6 Å². The average molecular weight is 480 g/mol. The van der Waals surface area contributed by atoms with Gasteiger partial charge in [0.2, 0.25) is 0 Å². The monoisotopic (exact) mass is 479 g/mol. The number of fused-ring (bicyclic) bond motifs is 1. The van der Waals surface area contributed by atoms with Crippen molar-refractivity contribution >= 4 is 45.0 Å². The second-order valence-electron chi connectivity index (χ2n) is 8.04. The number of amides is 1. The van der Waals surface area contributed by atoms with Crippen molar-refractivity contribution in [3.63, 3.8) is 0 Å². The molecule has 1 aliphatic rings. The molecular formula is C26H26ClN3O2S. The molecule has 1 amide bonds. The summed E-state index contributed by atoms with van der Waals surface area (Å²) >= 11 is 1.46. The summed E-state index contributed by atoms with van der Waals surface area (Å²) in [5.74, 6) is 0.530. The molecule has 170 valence electrons. The largest absolute Gasteiger partial charge is 0.494 e. The number of benzene rings is 3. The predicted molar refractivity (Wildman–Crippen MR) is 138 cm³/mol. The van der Waals surface area contributed by atoms with E-state index in [1.54, 1.807) is 7.11 Å². The number of aromatic nitrogens is 1. The fourth-order valence-corrected chi connectivity index (χ4v) is 4.88. The Morgan fingerprint density at radius 2 is 1.82 bits per heavy atom. The van der Waals surface area contributed by atoms with Gasteiger partial charge in [0.15, 0.2) is 5.13 Å². The summed E-state index contributed by atoms with van der Waals surface area (Å²) in [7, 11) is 1.63. The topological polar surface area (TPSA) is 63.2 Å². The molecule has 1 heterocycles. The summed E-state index contributed by atoms with van der Waals surface area (Å²) in [6, 6.07) is 22.5. The molecule has 5 nitrogen and oxygen atoms in total. The Bertz CT molecular complexity index is 1240. The highest BCUT2D eigenvalue weighted by molar-refractivity contribution is 7.23. The number of nitrogens with zero attached hydrogens (tertiary/aromatic N) is 1. The highest BCUT2D eigenvalue weighted by atomic mass is 35.5. The van der Waals surface area contributed by atoms with Gasteiger partial charge in [-0.25, -0.2) is 4.98 Å². The van der Waals surface area contributed by atoms with Gasteiger partial charge in [0.25, 0.3) is 5.91 Å². The molecule has 0 saturated heterocycles. The van der Waals surface area contributed by atoms with Gasteiger partial charge in [-0.15, -0.1) is 12.4 Å². The van der Waals surface area contributed by atoms with Gasteiger partial charge in [-0.1, -0.05) is 60.2 Å². The Morgan fingerprint density at radius 3 is 2.48 bits per heavy atom. The molecule has 1 aliphatic carbocycles. The average Bonchev–Trinajstić information content (AvgIpc) is 3.22. The summed E-state index contributed by atoms with van der Waals surface area (Å²) < 4.78 is 6.50. The van der Waals surface area contributed by atoms with Gasteiger partial charge in [-0.3, -0.25) is 10.1 Å². The number of methoxy groups -OCH3 is 1. The fourth-order valence-electron chi connectivity index (χ4n) is 3.86. The zero-order valence-corrected chi connectivity index (χ0v) is 20.0. The minimum atomic E-state index is -0.164. The smallest absolute Gasteiger partial charge is 0.257 e. The molecule has 4 aromatic rings. The number of carbonyl (C=O) groups excluding carboxylic acids is 1. The number of rotatable bonds is 7. The Hall–Kier alpha value is -2.93. The number of anilines is 1. The van der Waals surface area contributed by atoms with Crippen molar-refractivity contribution < 1.29 is 9.53 Å². The zero-order chi connectivity index (χ0) is 21.9. The van der Waals surface area contributed by atoms with E-state index in [1.165, 1.54) is 36.2 Å². The number of halogens is 1. The number of nitrogens with one attached hydrogen (secondary N) is 2. The second-order valence-corrected chi connectivity index (χ2v) is 9.04. The van der Waals surface area contributed by atoms with Crippen molar-refractivity contribution in [1.29, 1.82) is 0 Å². The Kier molecular flexibility index (Phi) is 7.28. The SMILES string of the molecule is COc1ccc(-c2ccccc2)c2sc(NC(=O)c3ccc(CNC4CCC4)cc3)nc12.Cl. The molecule has 0 spiro atoms. The Labute approximate surface area is 203 Å². The van der Waals surface area contributed by atoms with Crippen LogP contribution in [-0.2, 0) is 6.54 Å². The molecule has 0 bridgehead atoms. The van der Waals surface area contributed by atoms with Crippen LogP contribution in [0.1, 0.15) is 35.2 Å². The minimum absolute atomic E-state index is 0. The molecule has 0 aliphatic heterocycles. The van der Waals surface area contributed by atoms with Gasteiger partial charge in [0, 0.05) is 23.7 Å². The molecule has 1 aromatic heterocycles. The lowest BCUT2D eigenvalue weighted by Crippen LogP contribution is -2.34. The van der Waals surface area contributed by atoms with Crippen molar-refractivity contribution in [2.75, 3.05) is 12.4 Å². The first-order chi connectivity index (χ1) is 15.7. The number of carbonyl (C=O) groups is 1. The van der Waals surface area contributed by atoms with Crippen LogP contribution in [0.25, 0.3) is 21.3 Å². The van der Waals surface area contributed by atoms with Crippen LogP contribution >= 0.6 is 23.7 Å². The third-order valence-corrected chi connectivity index (χ3v) is 6.95. The maximum Gasteiger partial charge on any atom is 0.257 e. The van der Waals surface area contributed by atoms with Gasteiger partial charge in [-0.05, 0) is 48.2 Å². The molecule has 5 rings (SSSR count). The summed E-state index contributed by atoms with van der Waals surface area (Å²) in [5.41, 5.74) is 4.74. The third-order valence-electron chi connectivity index (χ3n) is 5.95. The normalized spacial score (nSPS) is 13.2. The zero-order valence-electron chi connectivity index (χ0n) is 18.3. The minimum Gasteiger partial charge on any atom is -0.494 e. The molecule has 1 fully saturated rings. The Morgan fingerprint density at radius 1 is 1.06 bits per heavy atom. The first kappa shape index (κ1) is 23.2. The van der Waals surface area contributed by atoms with E-state index < -0.39 is 0 Å². The summed E-state index contributed by atoms with van der Waals surface area (Å²) in [6.07, 6.45) is 3.85. The highest BCUT2D eigenvalue weighted by Gasteiger charge is 2.17. The maximum atomic E-state index is 12.8.